The molecule has 2 heteroatoms. The summed E-state index contributed by atoms with van der Waals surface area (Å²) in [5.74, 6) is 7.07. The molecule has 0 bridgehead atoms. The molecule has 0 unspecified atom stereocenters. The van der Waals surface area contributed by atoms with E-state index >= 15 is 0 Å². The second kappa shape index (κ2) is 5.63. The molecule has 0 N–H and O–H groups in total. The Labute approximate surface area is 113 Å². The van der Waals surface area contributed by atoms with Crippen molar-refractivity contribution in [1.82, 2.24) is 9.80 Å². The molecule has 0 aliphatic carbocycles. The van der Waals surface area contributed by atoms with Crippen molar-refractivity contribution < 1.29 is 0 Å². The maximum Gasteiger partial charge on any atom is 0.0602 e. The standard InChI is InChI=1S/C16H28N2/c1-14(2)6-5-9-17-12-16(13-17)7-10-18(11-8-16)15(3)4/h14-15H,7-13H2,1-4H3. The topological polar surface area (TPSA) is 6.48 Å². The van der Waals surface area contributed by atoms with Gasteiger partial charge in [0.2, 0.25) is 0 Å². The van der Waals surface area contributed by atoms with Crippen molar-refractivity contribution >= 4 is 0 Å². The highest BCUT2D eigenvalue weighted by molar-refractivity contribution is 5.07. The second-order valence-electron chi connectivity index (χ2n) is 6.75. The number of hydrogen-bond donors (Lipinski definition) is 0. The fourth-order valence-corrected chi connectivity index (χ4v) is 3.21. The van der Waals surface area contributed by atoms with Gasteiger partial charge in [0.05, 0.1) is 6.54 Å². The van der Waals surface area contributed by atoms with Crippen LogP contribution in [0.3, 0.4) is 0 Å². The summed E-state index contributed by atoms with van der Waals surface area (Å²) >= 11 is 0. The van der Waals surface area contributed by atoms with E-state index in [1.807, 2.05) is 0 Å². The highest BCUT2D eigenvalue weighted by Crippen LogP contribution is 2.40. The first-order valence-corrected chi connectivity index (χ1v) is 7.46. The highest BCUT2D eigenvalue weighted by Gasteiger charge is 2.44. The van der Waals surface area contributed by atoms with Gasteiger partial charge in [-0.15, -0.1) is 0 Å². The Morgan fingerprint density at radius 3 is 2.17 bits per heavy atom. The molecule has 0 aromatic rings. The van der Waals surface area contributed by atoms with Crippen molar-refractivity contribution in [2.45, 2.75) is 46.6 Å². The van der Waals surface area contributed by atoms with Crippen LogP contribution >= 0.6 is 0 Å². The predicted octanol–water partition coefficient (Wildman–Crippen LogP) is 2.45. The quantitative estimate of drug-likeness (QED) is 0.693. The van der Waals surface area contributed by atoms with E-state index in [-0.39, 0.29) is 0 Å². The summed E-state index contributed by atoms with van der Waals surface area (Å²) in [5, 5.41) is 0. The number of piperidine rings is 1. The van der Waals surface area contributed by atoms with Gasteiger partial charge >= 0.3 is 0 Å². The van der Waals surface area contributed by atoms with Crippen LogP contribution in [0.4, 0.5) is 0 Å². The summed E-state index contributed by atoms with van der Waals surface area (Å²) < 4.78 is 0. The van der Waals surface area contributed by atoms with Gasteiger partial charge in [0, 0.05) is 25.0 Å². The molecule has 2 aliphatic heterocycles. The summed E-state index contributed by atoms with van der Waals surface area (Å²) in [5.41, 5.74) is 0.644. The van der Waals surface area contributed by atoms with E-state index in [0.717, 1.165) is 12.6 Å². The smallest absolute Gasteiger partial charge is 0.0602 e. The van der Waals surface area contributed by atoms with Crippen molar-refractivity contribution in [2.75, 3.05) is 32.7 Å². The summed E-state index contributed by atoms with van der Waals surface area (Å²) in [4.78, 5) is 5.13. The number of nitrogens with zero attached hydrogens (tertiary/aromatic N) is 2. The lowest BCUT2D eigenvalue weighted by Gasteiger charge is -2.54. The van der Waals surface area contributed by atoms with Gasteiger partial charge < -0.3 is 4.90 Å². The molecule has 18 heavy (non-hydrogen) atoms. The molecule has 1 spiro atoms. The van der Waals surface area contributed by atoms with Crippen LogP contribution in [0, 0.1) is 23.2 Å². The molecule has 0 aromatic heterocycles. The van der Waals surface area contributed by atoms with Crippen molar-refractivity contribution in [3.63, 3.8) is 0 Å². The van der Waals surface area contributed by atoms with E-state index in [2.05, 4.69) is 49.3 Å². The zero-order valence-electron chi connectivity index (χ0n) is 12.5. The van der Waals surface area contributed by atoms with E-state index < -0.39 is 0 Å². The van der Waals surface area contributed by atoms with Crippen LogP contribution in [-0.4, -0.2) is 48.6 Å². The first kappa shape index (κ1) is 13.9. The van der Waals surface area contributed by atoms with Crippen molar-refractivity contribution in [1.29, 1.82) is 0 Å². The third kappa shape index (κ3) is 3.28. The molecule has 0 radical (unpaired) electrons. The Hall–Kier alpha value is -0.520. The lowest BCUT2D eigenvalue weighted by atomic mass is 9.72. The average Bonchev–Trinajstić information content (AvgIpc) is 2.27. The molecule has 102 valence electrons. The van der Waals surface area contributed by atoms with Crippen LogP contribution in [0.2, 0.25) is 0 Å². The van der Waals surface area contributed by atoms with E-state index in [1.54, 1.807) is 0 Å². The van der Waals surface area contributed by atoms with Crippen LogP contribution in [0.5, 0.6) is 0 Å². The molecule has 2 saturated heterocycles. The minimum atomic E-state index is 0.509. The molecular weight excluding hydrogens is 220 g/mol. The lowest BCUT2D eigenvalue weighted by molar-refractivity contribution is -0.0441. The van der Waals surface area contributed by atoms with Gasteiger partial charge in [-0.3, -0.25) is 4.90 Å². The molecule has 2 aliphatic rings. The zero-order chi connectivity index (χ0) is 13.2. The fourth-order valence-electron chi connectivity index (χ4n) is 3.21. The molecule has 0 aromatic carbocycles. The summed E-state index contributed by atoms with van der Waals surface area (Å²) in [6, 6.07) is 0.718. The van der Waals surface area contributed by atoms with E-state index in [0.29, 0.717) is 11.3 Å². The number of hydrogen-bond acceptors (Lipinski definition) is 2. The zero-order valence-corrected chi connectivity index (χ0v) is 12.5. The molecular formula is C16H28N2. The van der Waals surface area contributed by atoms with Crippen LogP contribution in [0.1, 0.15) is 40.5 Å². The van der Waals surface area contributed by atoms with Crippen molar-refractivity contribution in [3.8, 4) is 11.8 Å². The van der Waals surface area contributed by atoms with Gasteiger partial charge in [-0.1, -0.05) is 25.7 Å². The molecule has 2 fully saturated rings. The maximum absolute atomic E-state index is 3.30. The Morgan fingerprint density at radius 2 is 1.67 bits per heavy atom. The minimum absolute atomic E-state index is 0.509. The third-order valence-corrected chi connectivity index (χ3v) is 4.40. The average molecular weight is 248 g/mol. The summed E-state index contributed by atoms with van der Waals surface area (Å²) in [6.45, 7) is 15.1. The van der Waals surface area contributed by atoms with Crippen LogP contribution in [0.15, 0.2) is 0 Å². The van der Waals surface area contributed by atoms with E-state index in [1.165, 1.54) is 39.0 Å². The predicted molar refractivity (Wildman–Crippen MR) is 77.4 cm³/mol. The molecule has 2 nitrogen and oxygen atoms in total. The first-order valence-electron chi connectivity index (χ1n) is 7.46. The van der Waals surface area contributed by atoms with E-state index in [9.17, 15) is 0 Å². The molecule has 0 amide bonds. The largest absolute Gasteiger partial charge is 0.301 e. The lowest BCUT2D eigenvalue weighted by Crippen LogP contribution is -2.60. The second-order valence-corrected chi connectivity index (χ2v) is 6.75. The number of likely N-dealkylation sites (tertiary alicyclic amines) is 2. The van der Waals surface area contributed by atoms with Gasteiger partial charge in [-0.05, 0) is 45.2 Å². The van der Waals surface area contributed by atoms with Gasteiger partial charge in [0.25, 0.3) is 0 Å². The Bertz CT molecular complexity index is 319. The van der Waals surface area contributed by atoms with Gasteiger partial charge in [0.1, 0.15) is 0 Å². The highest BCUT2D eigenvalue weighted by atomic mass is 15.2. The Kier molecular flexibility index (Phi) is 4.35. The summed E-state index contributed by atoms with van der Waals surface area (Å²) in [6.07, 6.45) is 2.78. The third-order valence-electron chi connectivity index (χ3n) is 4.40. The normalized spacial score (nSPS) is 24.1. The van der Waals surface area contributed by atoms with Crippen LogP contribution in [0.25, 0.3) is 0 Å². The number of rotatable bonds is 2. The Morgan fingerprint density at radius 1 is 1.06 bits per heavy atom. The van der Waals surface area contributed by atoms with Crippen molar-refractivity contribution in [3.05, 3.63) is 0 Å². The van der Waals surface area contributed by atoms with Gasteiger partial charge in [-0.2, -0.15) is 0 Å². The SMILES string of the molecule is CC(C)C#CCN1CC2(CCN(C(C)C)CC2)C1. The molecule has 0 saturated carbocycles. The fraction of sp³-hybridized carbons (Fsp3) is 0.875. The molecule has 0 atom stereocenters. The molecule has 2 heterocycles. The van der Waals surface area contributed by atoms with Crippen LogP contribution < -0.4 is 0 Å². The first-order chi connectivity index (χ1) is 8.51. The minimum Gasteiger partial charge on any atom is -0.301 e. The maximum atomic E-state index is 3.30. The Balaban J connectivity index is 1.71. The van der Waals surface area contributed by atoms with Gasteiger partial charge in [-0.25, -0.2) is 0 Å². The van der Waals surface area contributed by atoms with Gasteiger partial charge in [0.15, 0.2) is 0 Å². The van der Waals surface area contributed by atoms with Crippen LogP contribution in [-0.2, 0) is 0 Å². The van der Waals surface area contributed by atoms with E-state index in [4.69, 9.17) is 0 Å². The monoisotopic (exact) mass is 248 g/mol. The summed E-state index contributed by atoms with van der Waals surface area (Å²) in [7, 11) is 0. The molecule has 2 rings (SSSR count). The van der Waals surface area contributed by atoms with Crippen molar-refractivity contribution in [2.24, 2.45) is 11.3 Å².